The van der Waals surface area contributed by atoms with E-state index in [9.17, 15) is 4.79 Å². The molecule has 0 unspecified atom stereocenters. The molecule has 0 fully saturated rings. The van der Waals surface area contributed by atoms with Gasteiger partial charge >= 0.3 is 0 Å². The topological polar surface area (TPSA) is 42.0 Å². The predicted molar refractivity (Wildman–Crippen MR) is 72.5 cm³/mol. The fourth-order valence-corrected chi connectivity index (χ4v) is 2.67. The van der Waals surface area contributed by atoms with Crippen molar-refractivity contribution in [2.75, 3.05) is 5.32 Å². The second-order valence-electron chi connectivity index (χ2n) is 3.40. The standard InChI is InChI=1S/C12H12N2OS2/c1-9(17-10-5-3-2-4-6-10)11(15)14-12-13-7-8-16-12/h2-9H,1H3,(H,13,14,15)/t9-/m0/s1. The van der Waals surface area contributed by atoms with Gasteiger partial charge in [0.1, 0.15) is 0 Å². The first kappa shape index (κ1) is 12.1. The van der Waals surface area contributed by atoms with Crippen molar-refractivity contribution in [3.05, 3.63) is 41.9 Å². The molecule has 88 valence electrons. The number of nitrogens with zero attached hydrogens (tertiary/aromatic N) is 1. The average Bonchev–Trinajstić information content (AvgIpc) is 2.83. The molecule has 0 bridgehead atoms. The van der Waals surface area contributed by atoms with Crippen LogP contribution in [0.15, 0.2) is 46.8 Å². The summed E-state index contributed by atoms with van der Waals surface area (Å²) < 4.78 is 0. The van der Waals surface area contributed by atoms with Crippen molar-refractivity contribution in [2.24, 2.45) is 0 Å². The monoisotopic (exact) mass is 264 g/mol. The third-order valence-electron chi connectivity index (χ3n) is 2.09. The normalized spacial score (nSPS) is 12.1. The molecule has 5 heteroatoms. The van der Waals surface area contributed by atoms with Crippen LogP contribution in [0.5, 0.6) is 0 Å². The summed E-state index contributed by atoms with van der Waals surface area (Å²) in [6.45, 7) is 1.89. The molecular formula is C12H12N2OS2. The van der Waals surface area contributed by atoms with Crippen LogP contribution < -0.4 is 5.32 Å². The van der Waals surface area contributed by atoms with Crippen LogP contribution >= 0.6 is 23.1 Å². The highest BCUT2D eigenvalue weighted by molar-refractivity contribution is 8.00. The molecule has 0 aliphatic heterocycles. The van der Waals surface area contributed by atoms with Gasteiger partial charge in [0, 0.05) is 16.5 Å². The van der Waals surface area contributed by atoms with Gasteiger partial charge in [-0.15, -0.1) is 23.1 Å². The van der Waals surface area contributed by atoms with Gasteiger partial charge in [0.05, 0.1) is 5.25 Å². The van der Waals surface area contributed by atoms with Crippen molar-refractivity contribution in [1.29, 1.82) is 0 Å². The molecule has 0 radical (unpaired) electrons. The number of hydrogen-bond donors (Lipinski definition) is 1. The Bertz CT molecular complexity index is 471. The molecule has 3 nitrogen and oxygen atoms in total. The minimum atomic E-state index is -0.138. The highest BCUT2D eigenvalue weighted by Crippen LogP contribution is 2.23. The first-order chi connectivity index (χ1) is 8.25. The number of thioether (sulfide) groups is 1. The maximum absolute atomic E-state index is 11.8. The molecule has 1 heterocycles. The number of hydrogen-bond acceptors (Lipinski definition) is 4. The zero-order valence-corrected chi connectivity index (χ0v) is 10.9. The number of thiazole rings is 1. The number of amides is 1. The van der Waals surface area contributed by atoms with Crippen molar-refractivity contribution in [2.45, 2.75) is 17.1 Å². The van der Waals surface area contributed by atoms with E-state index in [1.165, 1.54) is 23.1 Å². The van der Waals surface area contributed by atoms with Crippen LogP contribution in [0, 0.1) is 0 Å². The lowest BCUT2D eigenvalue weighted by atomic mass is 10.4. The van der Waals surface area contributed by atoms with Gasteiger partial charge in [0.15, 0.2) is 5.13 Å². The second kappa shape index (κ2) is 5.84. The predicted octanol–water partition coefficient (Wildman–Crippen LogP) is 3.26. The SMILES string of the molecule is C[C@H](Sc1ccccc1)C(=O)Nc1nccs1. The first-order valence-electron chi connectivity index (χ1n) is 5.18. The Morgan fingerprint density at radius 3 is 2.82 bits per heavy atom. The quantitative estimate of drug-likeness (QED) is 0.862. The summed E-state index contributed by atoms with van der Waals surface area (Å²) in [4.78, 5) is 17.0. The number of nitrogens with one attached hydrogen (secondary N) is 1. The average molecular weight is 264 g/mol. The van der Waals surface area contributed by atoms with E-state index in [2.05, 4.69) is 10.3 Å². The van der Waals surface area contributed by atoms with Gasteiger partial charge in [-0.2, -0.15) is 0 Å². The van der Waals surface area contributed by atoms with Crippen molar-refractivity contribution >= 4 is 34.1 Å². The second-order valence-corrected chi connectivity index (χ2v) is 5.71. The third-order valence-corrected chi connectivity index (χ3v) is 3.89. The van der Waals surface area contributed by atoms with Gasteiger partial charge in [-0.3, -0.25) is 4.79 Å². The van der Waals surface area contributed by atoms with E-state index in [1.807, 2.05) is 42.6 Å². The summed E-state index contributed by atoms with van der Waals surface area (Å²) in [5, 5.41) is 5.14. The Hall–Kier alpha value is -1.33. The summed E-state index contributed by atoms with van der Waals surface area (Å²) in [5.41, 5.74) is 0. The number of aromatic nitrogens is 1. The molecule has 17 heavy (non-hydrogen) atoms. The Morgan fingerprint density at radius 2 is 2.18 bits per heavy atom. The number of rotatable bonds is 4. The third kappa shape index (κ3) is 3.57. The molecule has 1 aromatic carbocycles. The molecule has 1 amide bonds. The van der Waals surface area contributed by atoms with Crippen LogP contribution in [0.25, 0.3) is 0 Å². The van der Waals surface area contributed by atoms with E-state index in [-0.39, 0.29) is 11.2 Å². The minimum Gasteiger partial charge on any atom is -0.301 e. The number of anilines is 1. The van der Waals surface area contributed by atoms with Gasteiger partial charge < -0.3 is 5.32 Å². The summed E-state index contributed by atoms with van der Waals surface area (Å²) in [6.07, 6.45) is 1.68. The maximum atomic E-state index is 11.8. The minimum absolute atomic E-state index is 0.0196. The zero-order chi connectivity index (χ0) is 12.1. The van der Waals surface area contributed by atoms with Crippen LogP contribution in [-0.4, -0.2) is 16.1 Å². The lowest BCUT2D eigenvalue weighted by Crippen LogP contribution is -2.22. The Morgan fingerprint density at radius 1 is 1.41 bits per heavy atom. The van der Waals surface area contributed by atoms with Gasteiger partial charge in [-0.1, -0.05) is 18.2 Å². The highest BCUT2D eigenvalue weighted by atomic mass is 32.2. The van der Waals surface area contributed by atoms with Gasteiger partial charge in [-0.05, 0) is 19.1 Å². The van der Waals surface area contributed by atoms with Gasteiger partial charge in [0.25, 0.3) is 0 Å². The van der Waals surface area contributed by atoms with Crippen molar-refractivity contribution in [3.8, 4) is 0 Å². The first-order valence-corrected chi connectivity index (χ1v) is 6.93. The molecular weight excluding hydrogens is 252 g/mol. The van der Waals surface area contributed by atoms with Crippen molar-refractivity contribution in [3.63, 3.8) is 0 Å². The molecule has 0 saturated carbocycles. The largest absolute Gasteiger partial charge is 0.301 e. The summed E-state index contributed by atoms with van der Waals surface area (Å²) >= 11 is 2.96. The van der Waals surface area contributed by atoms with Crippen LogP contribution in [0.3, 0.4) is 0 Å². The molecule has 2 rings (SSSR count). The van der Waals surface area contributed by atoms with Crippen LogP contribution in [0.1, 0.15) is 6.92 Å². The summed E-state index contributed by atoms with van der Waals surface area (Å²) in [6, 6.07) is 9.89. The highest BCUT2D eigenvalue weighted by Gasteiger charge is 2.15. The maximum Gasteiger partial charge on any atom is 0.239 e. The van der Waals surface area contributed by atoms with Crippen LogP contribution in [0.4, 0.5) is 5.13 Å². The van der Waals surface area contributed by atoms with Gasteiger partial charge in [0.2, 0.25) is 5.91 Å². The van der Waals surface area contributed by atoms with Crippen LogP contribution in [0.2, 0.25) is 0 Å². The fourth-order valence-electron chi connectivity index (χ4n) is 1.25. The smallest absolute Gasteiger partial charge is 0.239 e. The Kier molecular flexibility index (Phi) is 4.17. The van der Waals surface area contributed by atoms with E-state index in [0.717, 1.165) is 4.90 Å². The van der Waals surface area contributed by atoms with Crippen molar-refractivity contribution in [1.82, 2.24) is 4.98 Å². The molecule has 0 aliphatic rings. The fraction of sp³-hybridized carbons (Fsp3) is 0.167. The van der Waals surface area contributed by atoms with Crippen molar-refractivity contribution < 1.29 is 4.79 Å². The molecule has 1 aromatic heterocycles. The molecule has 1 N–H and O–H groups in total. The number of benzene rings is 1. The molecule has 0 saturated heterocycles. The number of carbonyl (C=O) groups excluding carboxylic acids is 1. The summed E-state index contributed by atoms with van der Waals surface area (Å²) in [7, 11) is 0. The lowest BCUT2D eigenvalue weighted by molar-refractivity contribution is -0.115. The van der Waals surface area contributed by atoms with E-state index in [0.29, 0.717) is 5.13 Å². The molecule has 0 aliphatic carbocycles. The Balaban J connectivity index is 1.92. The van der Waals surface area contributed by atoms with E-state index in [4.69, 9.17) is 0 Å². The van der Waals surface area contributed by atoms with Crippen LogP contribution in [-0.2, 0) is 4.79 Å². The molecule has 0 spiro atoms. The Labute approximate surface area is 108 Å². The van der Waals surface area contributed by atoms with E-state index >= 15 is 0 Å². The van der Waals surface area contributed by atoms with Gasteiger partial charge in [-0.25, -0.2) is 4.98 Å². The zero-order valence-electron chi connectivity index (χ0n) is 9.29. The van der Waals surface area contributed by atoms with E-state index < -0.39 is 0 Å². The lowest BCUT2D eigenvalue weighted by Gasteiger charge is -2.10. The molecule has 1 atom stereocenters. The number of carbonyl (C=O) groups is 1. The van der Waals surface area contributed by atoms with E-state index in [1.54, 1.807) is 6.20 Å². The summed E-state index contributed by atoms with van der Waals surface area (Å²) in [5.74, 6) is -0.0196. The molecule has 2 aromatic rings.